The zero-order valence-electron chi connectivity index (χ0n) is 40.9. The van der Waals surface area contributed by atoms with Crippen molar-refractivity contribution in [2.75, 3.05) is 13.2 Å². The minimum Gasteiger partial charge on any atom is -0.462 e. The normalized spacial score (nSPS) is 12.5. The number of unbranched alkanes of at least 4 members (excludes halogenated alkanes) is 26. The fourth-order valence-electron chi connectivity index (χ4n) is 7.27. The molecule has 0 bridgehead atoms. The lowest BCUT2D eigenvalue weighted by Gasteiger charge is -2.18. The third-order valence-corrected chi connectivity index (χ3v) is 11.2. The van der Waals surface area contributed by atoms with E-state index in [9.17, 15) is 14.4 Å². The predicted octanol–water partition coefficient (Wildman–Crippen LogP) is 17.3. The van der Waals surface area contributed by atoms with Crippen molar-refractivity contribution in [3.63, 3.8) is 0 Å². The predicted molar refractivity (Wildman–Crippen MR) is 265 cm³/mol. The van der Waals surface area contributed by atoms with E-state index in [-0.39, 0.29) is 31.1 Å². The molecule has 0 aliphatic carbocycles. The summed E-state index contributed by atoms with van der Waals surface area (Å²) >= 11 is 0. The lowest BCUT2D eigenvalue weighted by Crippen LogP contribution is -2.30. The first kappa shape index (κ1) is 59.1. The van der Waals surface area contributed by atoms with Crippen LogP contribution >= 0.6 is 0 Å². The van der Waals surface area contributed by atoms with E-state index in [1.807, 2.05) is 0 Å². The van der Waals surface area contributed by atoms with Crippen LogP contribution in [-0.4, -0.2) is 37.2 Å². The van der Waals surface area contributed by atoms with Gasteiger partial charge in [0.15, 0.2) is 6.10 Å². The van der Waals surface area contributed by atoms with Crippen molar-refractivity contribution in [1.82, 2.24) is 0 Å². The molecule has 0 aromatic heterocycles. The highest BCUT2D eigenvalue weighted by atomic mass is 16.6. The minimum atomic E-state index is -0.786. The van der Waals surface area contributed by atoms with Gasteiger partial charge in [0.1, 0.15) is 13.2 Å². The summed E-state index contributed by atoms with van der Waals surface area (Å²) in [7, 11) is 0. The highest BCUT2D eigenvalue weighted by Gasteiger charge is 2.19. The van der Waals surface area contributed by atoms with Gasteiger partial charge in [-0.2, -0.15) is 0 Å². The molecule has 0 aliphatic heterocycles. The molecule has 0 radical (unpaired) electrons. The maximum absolute atomic E-state index is 12.8. The van der Waals surface area contributed by atoms with Gasteiger partial charge in [0.25, 0.3) is 0 Å². The molecular weight excluding hydrogens is 769 g/mol. The van der Waals surface area contributed by atoms with Crippen LogP contribution in [0.15, 0.2) is 60.8 Å². The van der Waals surface area contributed by atoms with Gasteiger partial charge in [-0.05, 0) is 103 Å². The number of hydrogen-bond acceptors (Lipinski definition) is 6. The summed E-state index contributed by atoms with van der Waals surface area (Å²) in [5, 5.41) is 0. The number of ether oxygens (including phenoxy) is 3. The zero-order valence-corrected chi connectivity index (χ0v) is 40.9. The van der Waals surface area contributed by atoms with Gasteiger partial charge in [0.2, 0.25) is 0 Å². The highest BCUT2D eigenvalue weighted by molar-refractivity contribution is 5.71. The van der Waals surface area contributed by atoms with E-state index >= 15 is 0 Å². The van der Waals surface area contributed by atoms with Gasteiger partial charge < -0.3 is 14.2 Å². The van der Waals surface area contributed by atoms with Gasteiger partial charge in [0.05, 0.1) is 0 Å². The number of carbonyl (C=O) groups excluding carboxylic acids is 3. The van der Waals surface area contributed by atoms with Crippen LogP contribution < -0.4 is 0 Å². The van der Waals surface area contributed by atoms with Crippen molar-refractivity contribution in [3.05, 3.63) is 60.8 Å². The molecule has 1 unspecified atom stereocenters. The van der Waals surface area contributed by atoms with Crippen LogP contribution in [0, 0.1) is 0 Å². The number of hydrogen-bond donors (Lipinski definition) is 0. The van der Waals surface area contributed by atoms with Gasteiger partial charge in [-0.15, -0.1) is 0 Å². The Balaban J connectivity index is 4.42. The van der Waals surface area contributed by atoms with Crippen molar-refractivity contribution in [2.24, 2.45) is 0 Å². The Morgan fingerprint density at radius 2 is 0.629 bits per heavy atom. The van der Waals surface area contributed by atoms with Crippen LogP contribution in [0.25, 0.3) is 0 Å². The maximum Gasteiger partial charge on any atom is 0.306 e. The first-order valence-corrected chi connectivity index (χ1v) is 26.3. The van der Waals surface area contributed by atoms with Crippen LogP contribution in [0.2, 0.25) is 0 Å². The van der Waals surface area contributed by atoms with Crippen molar-refractivity contribution in [2.45, 2.75) is 264 Å². The standard InChI is InChI=1S/C56H98O6/c1-4-7-10-13-16-19-22-25-28-31-34-37-40-43-46-49-55(58)61-52-53(51-60-54(57)48-45-42-39-36-33-30-27-24-21-18-15-12-9-6-3)62-56(59)50-47-44-41-38-35-32-29-26-23-20-17-14-11-8-5-2/h9,12,18-23,27,30,53H,4-8,10-11,13-17,24-26,28-29,31-52H2,1-3H3/b12-9-,21-18-,22-19-,23-20-,30-27-. The van der Waals surface area contributed by atoms with Crippen molar-refractivity contribution < 1.29 is 28.6 Å². The lowest BCUT2D eigenvalue weighted by atomic mass is 10.1. The Bertz CT molecular complexity index is 1130. The van der Waals surface area contributed by atoms with Crippen LogP contribution in [0.4, 0.5) is 0 Å². The minimum absolute atomic E-state index is 0.0850. The van der Waals surface area contributed by atoms with E-state index in [1.54, 1.807) is 0 Å². The molecule has 0 aliphatic rings. The molecule has 1 atom stereocenters. The third-order valence-electron chi connectivity index (χ3n) is 11.2. The average Bonchev–Trinajstić information content (AvgIpc) is 3.27. The fraction of sp³-hybridized carbons (Fsp3) is 0.768. The molecule has 0 fully saturated rings. The van der Waals surface area contributed by atoms with E-state index in [4.69, 9.17) is 14.2 Å². The SMILES string of the molecule is CC/C=C\C/C=C\C/C=C\CCCCCCC(=O)OCC(COC(=O)CCCCCCCCC/C=C\CCCCCC)OC(=O)CCCCCCCCC/C=C\CCCCCC. The molecule has 358 valence electrons. The Labute approximate surface area is 383 Å². The second kappa shape index (κ2) is 50.8. The van der Waals surface area contributed by atoms with E-state index in [0.717, 1.165) is 89.9 Å². The van der Waals surface area contributed by atoms with Crippen molar-refractivity contribution >= 4 is 17.9 Å². The van der Waals surface area contributed by atoms with Gasteiger partial charge in [-0.3, -0.25) is 14.4 Å². The van der Waals surface area contributed by atoms with E-state index in [0.29, 0.717) is 19.3 Å². The Kier molecular flexibility index (Phi) is 48.4. The molecule has 6 heteroatoms. The molecule has 0 N–H and O–H groups in total. The Morgan fingerprint density at radius 3 is 1.00 bits per heavy atom. The third kappa shape index (κ3) is 48.1. The van der Waals surface area contributed by atoms with Gasteiger partial charge in [-0.1, -0.05) is 197 Å². The van der Waals surface area contributed by atoms with Gasteiger partial charge in [0, 0.05) is 19.3 Å². The first-order chi connectivity index (χ1) is 30.5. The van der Waals surface area contributed by atoms with Crippen molar-refractivity contribution in [3.8, 4) is 0 Å². The Morgan fingerprint density at radius 1 is 0.339 bits per heavy atom. The van der Waals surface area contributed by atoms with Crippen LogP contribution in [0.1, 0.15) is 258 Å². The number of carbonyl (C=O) groups is 3. The van der Waals surface area contributed by atoms with Crippen LogP contribution in [0.3, 0.4) is 0 Å². The molecule has 0 rings (SSSR count). The summed E-state index contributed by atoms with van der Waals surface area (Å²) in [6.07, 6.45) is 62.0. The smallest absolute Gasteiger partial charge is 0.306 e. The van der Waals surface area contributed by atoms with Crippen LogP contribution in [0.5, 0.6) is 0 Å². The topological polar surface area (TPSA) is 78.9 Å². The summed E-state index contributed by atoms with van der Waals surface area (Å²) in [6.45, 7) is 6.48. The summed E-state index contributed by atoms with van der Waals surface area (Å²) in [4.78, 5) is 38.0. The molecular formula is C56H98O6. The molecule has 0 saturated heterocycles. The second-order valence-electron chi connectivity index (χ2n) is 17.4. The number of allylic oxidation sites excluding steroid dienone is 10. The van der Waals surface area contributed by atoms with Gasteiger partial charge in [-0.25, -0.2) is 0 Å². The Hall–Kier alpha value is -2.89. The molecule has 0 aromatic rings. The maximum atomic E-state index is 12.8. The summed E-state index contributed by atoms with van der Waals surface area (Å²) < 4.78 is 16.8. The monoisotopic (exact) mass is 867 g/mol. The molecule has 6 nitrogen and oxygen atoms in total. The molecule has 0 heterocycles. The molecule has 62 heavy (non-hydrogen) atoms. The molecule has 0 aromatic carbocycles. The van der Waals surface area contributed by atoms with Crippen LogP contribution in [-0.2, 0) is 28.6 Å². The molecule has 0 amide bonds. The summed E-state index contributed by atoms with van der Waals surface area (Å²) in [5.41, 5.74) is 0. The van der Waals surface area contributed by atoms with Gasteiger partial charge >= 0.3 is 17.9 Å². The summed E-state index contributed by atoms with van der Waals surface area (Å²) in [6, 6.07) is 0. The quantitative estimate of drug-likeness (QED) is 0.0262. The van der Waals surface area contributed by atoms with E-state index < -0.39 is 6.10 Å². The summed E-state index contributed by atoms with van der Waals surface area (Å²) in [5.74, 6) is -0.912. The largest absolute Gasteiger partial charge is 0.462 e. The van der Waals surface area contributed by atoms with Crippen molar-refractivity contribution in [1.29, 1.82) is 0 Å². The lowest BCUT2D eigenvalue weighted by molar-refractivity contribution is -0.167. The fourth-order valence-corrected chi connectivity index (χ4v) is 7.27. The second-order valence-corrected chi connectivity index (χ2v) is 17.4. The highest BCUT2D eigenvalue weighted by Crippen LogP contribution is 2.14. The zero-order chi connectivity index (χ0) is 45.1. The average molecular weight is 867 g/mol. The van der Waals surface area contributed by atoms with E-state index in [2.05, 4.69) is 81.5 Å². The number of rotatable bonds is 47. The first-order valence-electron chi connectivity index (χ1n) is 26.3. The number of esters is 3. The molecule has 0 saturated carbocycles. The molecule has 0 spiro atoms. The van der Waals surface area contributed by atoms with E-state index in [1.165, 1.54) is 128 Å².